The van der Waals surface area contributed by atoms with Crippen LogP contribution in [0.1, 0.15) is 18.9 Å². The molecule has 3 aromatic rings. The Labute approximate surface area is 160 Å². The number of thiazole rings is 1. The lowest BCUT2D eigenvalue weighted by Crippen LogP contribution is -2.17. The summed E-state index contributed by atoms with van der Waals surface area (Å²) in [5, 5.41) is 0.669. The van der Waals surface area contributed by atoms with Crippen molar-refractivity contribution in [1.29, 1.82) is 0 Å². The number of aromatic nitrogens is 1. The number of aryl methyl sites for hydroxylation is 1. The third kappa shape index (κ3) is 4.35. The molecule has 0 aliphatic carbocycles. The number of carbonyl (C=O) groups is 1. The Morgan fingerprint density at radius 2 is 2.00 bits per heavy atom. The predicted molar refractivity (Wildman–Crippen MR) is 108 cm³/mol. The van der Waals surface area contributed by atoms with Crippen molar-refractivity contribution in [3.05, 3.63) is 57.9 Å². The first-order valence-corrected chi connectivity index (χ1v) is 10.5. The number of nitrogens with zero attached hydrogens (tertiary/aromatic N) is 2. The fourth-order valence-corrected chi connectivity index (χ4v) is 4.38. The molecule has 2 aromatic carbocycles. The number of hydrogen-bond acceptors (Lipinski definition) is 3. The average Bonchev–Trinajstić information content (AvgIpc) is 2.93. The highest BCUT2D eigenvalue weighted by molar-refractivity contribution is 7.98. The molecule has 0 spiro atoms. The lowest BCUT2D eigenvalue weighted by atomic mass is 10.1. The highest BCUT2D eigenvalue weighted by Crippen LogP contribution is 2.24. The third-order valence-electron chi connectivity index (χ3n) is 3.83. The standard InChI is InChI=1S/C19H19ClN2OS2/c1-3-10-22-16-9-8-15(24-2)12-17(16)25-19(22)21-18(23)11-13-4-6-14(20)7-5-13/h4-9,12H,3,10-11H2,1-2H3. The summed E-state index contributed by atoms with van der Waals surface area (Å²) in [6, 6.07) is 13.7. The number of hydrogen-bond donors (Lipinski definition) is 0. The summed E-state index contributed by atoms with van der Waals surface area (Å²) in [6.45, 7) is 2.98. The predicted octanol–water partition coefficient (Wildman–Crippen LogP) is 5.16. The third-order valence-corrected chi connectivity index (χ3v) is 5.84. The van der Waals surface area contributed by atoms with Gasteiger partial charge in [0.1, 0.15) is 0 Å². The fraction of sp³-hybridized carbons (Fsp3) is 0.263. The van der Waals surface area contributed by atoms with Crippen LogP contribution in [0, 0.1) is 0 Å². The van der Waals surface area contributed by atoms with Crippen molar-refractivity contribution in [2.24, 2.45) is 4.99 Å². The monoisotopic (exact) mass is 390 g/mol. The van der Waals surface area contributed by atoms with Crippen LogP contribution in [0.3, 0.4) is 0 Å². The first-order chi connectivity index (χ1) is 12.1. The van der Waals surface area contributed by atoms with Gasteiger partial charge in [-0.25, -0.2) is 0 Å². The summed E-state index contributed by atoms with van der Waals surface area (Å²) >= 11 is 9.19. The second-order valence-electron chi connectivity index (χ2n) is 5.68. The smallest absolute Gasteiger partial charge is 0.252 e. The fourth-order valence-electron chi connectivity index (χ4n) is 2.63. The topological polar surface area (TPSA) is 34.4 Å². The van der Waals surface area contributed by atoms with Crippen molar-refractivity contribution < 1.29 is 4.79 Å². The lowest BCUT2D eigenvalue weighted by Gasteiger charge is -2.03. The van der Waals surface area contributed by atoms with Gasteiger partial charge < -0.3 is 4.57 Å². The number of carbonyl (C=O) groups excluding carboxylic acids is 1. The van der Waals surface area contributed by atoms with E-state index in [1.165, 1.54) is 9.60 Å². The highest BCUT2D eigenvalue weighted by Gasteiger charge is 2.09. The molecule has 130 valence electrons. The molecule has 25 heavy (non-hydrogen) atoms. The number of benzene rings is 2. The Balaban J connectivity index is 1.97. The van der Waals surface area contributed by atoms with Gasteiger partial charge in [0.2, 0.25) is 0 Å². The summed E-state index contributed by atoms with van der Waals surface area (Å²) < 4.78 is 3.31. The molecular formula is C19H19ClN2OS2. The van der Waals surface area contributed by atoms with Gasteiger partial charge in [-0.3, -0.25) is 4.79 Å². The van der Waals surface area contributed by atoms with Crippen molar-refractivity contribution in [2.45, 2.75) is 31.2 Å². The molecule has 0 saturated carbocycles. The summed E-state index contributed by atoms with van der Waals surface area (Å²) in [5.74, 6) is -0.135. The minimum Gasteiger partial charge on any atom is -0.316 e. The van der Waals surface area contributed by atoms with E-state index in [1.807, 2.05) is 12.1 Å². The zero-order chi connectivity index (χ0) is 17.8. The van der Waals surface area contributed by atoms with E-state index < -0.39 is 0 Å². The Morgan fingerprint density at radius 3 is 2.68 bits per heavy atom. The Bertz CT molecular complexity index is 958. The largest absolute Gasteiger partial charge is 0.316 e. The molecule has 0 bridgehead atoms. The summed E-state index contributed by atoms with van der Waals surface area (Å²) in [7, 11) is 0. The van der Waals surface area contributed by atoms with E-state index >= 15 is 0 Å². The van der Waals surface area contributed by atoms with Crippen LogP contribution in [-0.4, -0.2) is 16.7 Å². The second kappa shape index (κ2) is 8.21. The molecule has 3 rings (SSSR count). The quantitative estimate of drug-likeness (QED) is 0.564. The Kier molecular flexibility index (Phi) is 5.99. The first kappa shape index (κ1) is 18.2. The molecule has 0 aliphatic heterocycles. The number of amides is 1. The maximum Gasteiger partial charge on any atom is 0.252 e. The zero-order valence-electron chi connectivity index (χ0n) is 14.2. The van der Waals surface area contributed by atoms with Crippen molar-refractivity contribution in [3.8, 4) is 0 Å². The van der Waals surface area contributed by atoms with Crippen molar-refractivity contribution >= 4 is 50.8 Å². The maximum atomic E-state index is 12.4. The Hall–Kier alpha value is -1.56. The van der Waals surface area contributed by atoms with E-state index in [2.05, 4.69) is 40.9 Å². The minimum absolute atomic E-state index is 0.135. The average molecular weight is 391 g/mol. The molecule has 0 radical (unpaired) electrons. The summed E-state index contributed by atoms with van der Waals surface area (Å²) in [5.41, 5.74) is 2.06. The molecule has 0 atom stereocenters. The second-order valence-corrected chi connectivity index (χ2v) is 8.00. The molecule has 0 saturated heterocycles. The first-order valence-electron chi connectivity index (χ1n) is 8.10. The molecule has 1 heterocycles. The minimum atomic E-state index is -0.135. The van der Waals surface area contributed by atoms with Gasteiger partial charge in [-0.2, -0.15) is 4.99 Å². The van der Waals surface area contributed by atoms with Crippen LogP contribution in [0.2, 0.25) is 5.02 Å². The van der Waals surface area contributed by atoms with Crippen molar-refractivity contribution in [2.75, 3.05) is 6.26 Å². The van der Waals surface area contributed by atoms with Crippen LogP contribution in [0.15, 0.2) is 52.4 Å². The van der Waals surface area contributed by atoms with E-state index in [4.69, 9.17) is 11.6 Å². The van der Waals surface area contributed by atoms with Gasteiger partial charge in [0.25, 0.3) is 5.91 Å². The van der Waals surface area contributed by atoms with Crippen molar-refractivity contribution in [3.63, 3.8) is 0 Å². The number of thioether (sulfide) groups is 1. The summed E-state index contributed by atoms with van der Waals surface area (Å²) in [6.07, 6.45) is 3.35. The van der Waals surface area contributed by atoms with Gasteiger partial charge in [-0.1, -0.05) is 42.0 Å². The van der Waals surface area contributed by atoms with E-state index in [-0.39, 0.29) is 12.3 Å². The van der Waals surface area contributed by atoms with Crippen LogP contribution in [0.4, 0.5) is 0 Å². The normalized spacial score (nSPS) is 12.0. The number of halogens is 1. The van der Waals surface area contributed by atoms with Crippen LogP contribution in [0.25, 0.3) is 10.2 Å². The number of fused-ring (bicyclic) bond motifs is 1. The summed E-state index contributed by atoms with van der Waals surface area (Å²) in [4.78, 5) is 18.8. The SMILES string of the molecule is CCCn1c(=NC(=O)Cc2ccc(Cl)cc2)sc2cc(SC)ccc21. The van der Waals surface area contributed by atoms with Gasteiger partial charge in [-0.05, 0) is 48.6 Å². The van der Waals surface area contributed by atoms with Crippen molar-refractivity contribution in [1.82, 2.24) is 4.57 Å². The van der Waals surface area contributed by atoms with E-state index in [1.54, 1.807) is 35.2 Å². The van der Waals surface area contributed by atoms with E-state index in [9.17, 15) is 4.79 Å². The van der Waals surface area contributed by atoms with E-state index in [0.29, 0.717) is 5.02 Å². The molecule has 1 amide bonds. The Morgan fingerprint density at radius 1 is 1.24 bits per heavy atom. The van der Waals surface area contributed by atoms with Gasteiger partial charge in [0, 0.05) is 16.5 Å². The molecular weight excluding hydrogens is 372 g/mol. The lowest BCUT2D eigenvalue weighted by molar-refractivity contribution is -0.117. The number of rotatable bonds is 5. The molecule has 0 unspecified atom stereocenters. The molecule has 0 N–H and O–H groups in total. The van der Waals surface area contributed by atoms with Crippen LogP contribution in [0.5, 0.6) is 0 Å². The molecule has 0 fully saturated rings. The molecule has 0 aliphatic rings. The van der Waals surface area contributed by atoms with Gasteiger partial charge >= 0.3 is 0 Å². The van der Waals surface area contributed by atoms with Crippen LogP contribution < -0.4 is 4.80 Å². The molecule has 6 heteroatoms. The maximum absolute atomic E-state index is 12.4. The van der Waals surface area contributed by atoms with Gasteiger partial charge in [0.15, 0.2) is 4.80 Å². The highest BCUT2D eigenvalue weighted by atomic mass is 35.5. The molecule has 3 nitrogen and oxygen atoms in total. The van der Waals surface area contributed by atoms with E-state index in [0.717, 1.165) is 28.8 Å². The molecule has 1 aromatic heterocycles. The van der Waals surface area contributed by atoms with Crippen LogP contribution >= 0.6 is 34.7 Å². The zero-order valence-corrected chi connectivity index (χ0v) is 16.5. The van der Waals surface area contributed by atoms with Crippen LogP contribution in [-0.2, 0) is 17.8 Å². The van der Waals surface area contributed by atoms with Gasteiger partial charge in [0.05, 0.1) is 16.6 Å². The van der Waals surface area contributed by atoms with Gasteiger partial charge in [-0.15, -0.1) is 11.8 Å².